The Hall–Kier alpha value is -2.57. The summed E-state index contributed by atoms with van der Waals surface area (Å²) in [6.07, 6.45) is 1.65. The van der Waals surface area contributed by atoms with Crippen LogP contribution in [0.3, 0.4) is 0 Å². The van der Waals surface area contributed by atoms with Crippen molar-refractivity contribution < 1.29 is 9.53 Å². The summed E-state index contributed by atoms with van der Waals surface area (Å²) in [5.41, 5.74) is 8.18. The van der Waals surface area contributed by atoms with Crippen molar-refractivity contribution in [3.05, 3.63) is 35.3 Å². The lowest BCUT2D eigenvalue weighted by atomic mass is 10.1. The zero-order valence-electron chi connectivity index (χ0n) is 12.3. The maximum absolute atomic E-state index is 12.1. The molecule has 0 fully saturated rings. The molecule has 0 saturated carbocycles. The molecule has 0 bridgehead atoms. The molecule has 2 aromatic rings. The monoisotopic (exact) mass is 289 g/mol. The number of ether oxygens (including phenoxy) is 1. The van der Waals surface area contributed by atoms with Crippen molar-refractivity contribution in [3.63, 3.8) is 0 Å². The normalized spacial score (nSPS) is 10.7. The zero-order chi connectivity index (χ0) is 15.4. The third-order valence-electron chi connectivity index (χ3n) is 3.09. The maximum atomic E-state index is 12.1. The molecule has 2 rings (SSSR count). The van der Waals surface area contributed by atoms with Gasteiger partial charge in [-0.15, -0.1) is 0 Å². The van der Waals surface area contributed by atoms with E-state index in [2.05, 4.69) is 20.5 Å². The number of carbonyl (C=O) groups excluding carboxylic acids is 1. The van der Waals surface area contributed by atoms with Crippen molar-refractivity contribution >= 4 is 11.6 Å². The fraction of sp³-hybridized carbons (Fsp3) is 0.357. The number of nitrogens with two attached hydrogens (primary N) is 1. The highest BCUT2D eigenvalue weighted by Crippen LogP contribution is 2.21. The van der Waals surface area contributed by atoms with E-state index in [0.717, 1.165) is 11.3 Å². The minimum absolute atomic E-state index is 0.185. The molecule has 0 aliphatic carbocycles. The maximum Gasteiger partial charge on any atom is 0.274 e. The average Bonchev–Trinajstić information content (AvgIpc) is 2.87. The Morgan fingerprint density at radius 1 is 1.48 bits per heavy atom. The van der Waals surface area contributed by atoms with E-state index < -0.39 is 0 Å². The SMILES string of the molecule is COc1ccc(CNC(=O)c2n[nH]c(C(C)C)c2N)cn1. The number of methoxy groups -OCH3 is 1. The Kier molecular flexibility index (Phi) is 4.42. The number of anilines is 1. The quantitative estimate of drug-likeness (QED) is 0.772. The predicted molar refractivity (Wildman–Crippen MR) is 79.0 cm³/mol. The van der Waals surface area contributed by atoms with Crippen LogP contribution in [0.5, 0.6) is 5.88 Å². The molecular formula is C14H19N5O2. The molecule has 0 aromatic carbocycles. The van der Waals surface area contributed by atoms with Gasteiger partial charge in [0.1, 0.15) is 0 Å². The van der Waals surface area contributed by atoms with Crippen molar-refractivity contribution in [2.24, 2.45) is 0 Å². The van der Waals surface area contributed by atoms with Gasteiger partial charge in [-0.1, -0.05) is 19.9 Å². The second kappa shape index (κ2) is 6.25. The third kappa shape index (κ3) is 3.31. The van der Waals surface area contributed by atoms with E-state index in [-0.39, 0.29) is 17.5 Å². The van der Waals surface area contributed by atoms with Gasteiger partial charge < -0.3 is 15.8 Å². The molecule has 21 heavy (non-hydrogen) atoms. The van der Waals surface area contributed by atoms with Crippen LogP contribution in [-0.2, 0) is 6.54 Å². The van der Waals surface area contributed by atoms with Gasteiger partial charge in [0.25, 0.3) is 5.91 Å². The highest BCUT2D eigenvalue weighted by Gasteiger charge is 2.18. The Morgan fingerprint density at radius 2 is 2.24 bits per heavy atom. The molecule has 2 heterocycles. The van der Waals surface area contributed by atoms with Crippen molar-refractivity contribution in [2.75, 3.05) is 12.8 Å². The molecule has 0 saturated heterocycles. The van der Waals surface area contributed by atoms with Gasteiger partial charge in [0.15, 0.2) is 5.69 Å². The van der Waals surface area contributed by atoms with Crippen LogP contribution in [0.15, 0.2) is 18.3 Å². The standard InChI is InChI=1S/C14H19N5O2/c1-8(2)12-11(15)13(19-18-12)14(20)17-7-9-4-5-10(21-3)16-6-9/h4-6,8H,7,15H2,1-3H3,(H,17,20)(H,18,19). The summed E-state index contributed by atoms with van der Waals surface area (Å²) in [6, 6.07) is 3.57. The van der Waals surface area contributed by atoms with Crippen molar-refractivity contribution in [1.82, 2.24) is 20.5 Å². The summed E-state index contributed by atoms with van der Waals surface area (Å²) < 4.78 is 4.98. The van der Waals surface area contributed by atoms with Crippen LogP contribution in [0.4, 0.5) is 5.69 Å². The van der Waals surface area contributed by atoms with E-state index in [1.54, 1.807) is 19.4 Å². The molecule has 112 valence electrons. The number of H-pyrrole nitrogens is 1. The first-order valence-electron chi connectivity index (χ1n) is 6.63. The summed E-state index contributed by atoms with van der Waals surface area (Å²) >= 11 is 0. The number of aromatic amines is 1. The second-order valence-electron chi connectivity index (χ2n) is 4.95. The van der Waals surface area contributed by atoms with Crippen LogP contribution in [0.25, 0.3) is 0 Å². The van der Waals surface area contributed by atoms with E-state index in [4.69, 9.17) is 10.5 Å². The van der Waals surface area contributed by atoms with Gasteiger partial charge >= 0.3 is 0 Å². The van der Waals surface area contributed by atoms with Crippen LogP contribution in [0.1, 0.15) is 41.5 Å². The van der Waals surface area contributed by atoms with Crippen molar-refractivity contribution in [2.45, 2.75) is 26.3 Å². The first-order chi connectivity index (χ1) is 10.0. The molecule has 7 nitrogen and oxygen atoms in total. The average molecular weight is 289 g/mol. The molecular weight excluding hydrogens is 270 g/mol. The summed E-state index contributed by atoms with van der Waals surface area (Å²) in [7, 11) is 1.55. The van der Waals surface area contributed by atoms with Crippen molar-refractivity contribution in [3.8, 4) is 5.88 Å². The Bertz CT molecular complexity index is 619. The van der Waals surface area contributed by atoms with Gasteiger partial charge in [0.2, 0.25) is 5.88 Å². The van der Waals surface area contributed by atoms with Crippen LogP contribution in [0, 0.1) is 0 Å². The highest BCUT2D eigenvalue weighted by atomic mass is 16.5. The summed E-state index contributed by atoms with van der Waals surface area (Å²) in [5.74, 6) is 0.402. The second-order valence-corrected chi connectivity index (χ2v) is 4.95. The molecule has 0 spiro atoms. The number of amides is 1. The van der Waals surface area contributed by atoms with Crippen LogP contribution in [-0.4, -0.2) is 28.2 Å². The van der Waals surface area contributed by atoms with E-state index >= 15 is 0 Å². The van der Waals surface area contributed by atoms with Gasteiger partial charge in [-0.2, -0.15) is 5.10 Å². The van der Waals surface area contributed by atoms with Gasteiger partial charge in [-0.3, -0.25) is 9.89 Å². The molecule has 0 aliphatic heterocycles. The number of hydrogen-bond donors (Lipinski definition) is 3. The number of hydrogen-bond acceptors (Lipinski definition) is 5. The highest BCUT2D eigenvalue weighted by molar-refractivity contribution is 5.97. The van der Waals surface area contributed by atoms with Crippen LogP contribution >= 0.6 is 0 Å². The van der Waals surface area contributed by atoms with Gasteiger partial charge in [0.05, 0.1) is 18.5 Å². The largest absolute Gasteiger partial charge is 0.481 e. The number of carbonyl (C=O) groups is 1. The molecule has 0 unspecified atom stereocenters. The first-order valence-corrected chi connectivity index (χ1v) is 6.63. The summed E-state index contributed by atoms with van der Waals surface area (Å²) in [6.45, 7) is 4.31. The fourth-order valence-corrected chi connectivity index (χ4v) is 1.88. The lowest BCUT2D eigenvalue weighted by Gasteiger charge is -2.05. The number of nitrogen functional groups attached to an aromatic ring is 1. The van der Waals surface area contributed by atoms with Gasteiger partial charge in [0, 0.05) is 18.8 Å². The lowest BCUT2D eigenvalue weighted by Crippen LogP contribution is -2.24. The fourth-order valence-electron chi connectivity index (χ4n) is 1.88. The number of nitrogens with zero attached hydrogens (tertiary/aromatic N) is 2. The van der Waals surface area contributed by atoms with Gasteiger partial charge in [-0.05, 0) is 11.5 Å². The Labute approximate surface area is 122 Å². The number of rotatable bonds is 5. The minimum atomic E-state index is -0.313. The topological polar surface area (TPSA) is 106 Å². The molecule has 0 radical (unpaired) electrons. The zero-order valence-corrected chi connectivity index (χ0v) is 12.3. The molecule has 2 aromatic heterocycles. The Balaban J connectivity index is 2.01. The first kappa shape index (κ1) is 14.8. The van der Waals surface area contributed by atoms with E-state index in [0.29, 0.717) is 18.1 Å². The predicted octanol–water partition coefficient (Wildman–Crippen LogP) is 1.45. The molecule has 0 atom stereocenters. The number of pyridine rings is 1. The van der Waals surface area contributed by atoms with Gasteiger partial charge in [-0.25, -0.2) is 4.98 Å². The van der Waals surface area contributed by atoms with E-state index in [9.17, 15) is 4.79 Å². The Morgan fingerprint density at radius 3 is 2.76 bits per heavy atom. The van der Waals surface area contributed by atoms with Crippen LogP contribution < -0.4 is 15.8 Å². The van der Waals surface area contributed by atoms with E-state index in [1.807, 2.05) is 19.9 Å². The summed E-state index contributed by atoms with van der Waals surface area (Å²) in [5, 5.41) is 9.55. The molecule has 7 heteroatoms. The molecule has 0 aliphatic rings. The molecule has 4 N–H and O–H groups in total. The number of aromatic nitrogens is 3. The van der Waals surface area contributed by atoms with Crippen molar-refractivity contribution in [1.29, 1.82) is 0 Å². The smallest absolute Gasteiger partial charge is 0.274 e. The molecule has 1 amide bonds. The minimum Gasteiger partial charge on any atom is -0.481 e. The number of nitrogens with one attached hydrogen (secondary N) is 2. The summed E-state index contributed by atoms with van der Waals surface area (Å²) in [4.78, 5) is 16.2. The van der Waals surface area contributed by atoms with Crippen LogP contribution in [0.2, 0.25) is 0 Å². The van der Waals surface area contributed by atoms with E-state index in [1.165, 1.54) is 0 Å². The third-order valence-corrected chi connectivity index (χ3v) is 3.09. The lowest BCUT2D eigenvalue weighted by molar-refractivity contribution is 0.0947.